The molecule has 0 radical (unpaired) electrons. The second-order valence-electron chi connectivity index (χ2n) is 6.50. The first-order chi connectivity index (χ1) is 7.70. The van der Waals surface area contributed by atoms with E-state index in [1.165, 1.54) is 0 Å². The summed E-state index contributed by atoms with van der Waals surface area (Å²) in [5, 5.41) is 12.4. The van der Waals surface area contributed by atoms with Crippen LogP contribution in [0.5, 0.6) is 0 Å². The summed E-state index contributed by atoms with van der Waals surface area (Å²) in [5.41, 5.74) is 0.289. The summed E-state index contributed by atoms with van der Waals surface area (Å²) in [7, 11) is 0. The molecule has 0 aromatic carbocycles. The fourth-order valence-electron chi connectivity index (χ4n) is 1.73. The predicted octanol–water partition coefficient (Wildman–Crippen LogP) is 2.73. The highest BCUT2D eigenvalue weighted by Crippen LogP contribution is 2.21. The van der Waals surface area contributed by atoms with Gasteiger partial charge in [0.25, 0.3) is 0 Å². The van der Waals surface area contributed by atoms with Crippen molar-refractivity contribution in [1.82, 2.24) is 5.32 Å². The minimum absolute atomic E-state index is 0.0528. The summed E-state index contributed by atoms with van der Waals surface area (Å²) < 4.78 is 0. The van der Waals surface area contributed by atoms with Crippen LogP contribution in [0.2, 0.25) is 0 Å². The van der Waals surface area contributed by atoms with E-state index in [1.54, 1.807) is 0 Å². The van der Waals surface area contributed by atoms with Crippen LogP contribution in [-0.2, 0) is 4.79 Å². The maximum Gasteiger partial charge on any atom is 0.220 e. The SMILES string of the molecule is CC(C)CC(O)CNC(=O)CCCC(C)(C)C. The van der Waals surface area contributed by atoms with Gasteiger partial charge in [-0.3, -0.25) is 4.79 Å². The van der Waals surface area contributed by atoms with Gasteiger partial charge in [0.2, 0.25) is 5.91 Å². The van der Waals surface area contributed by atoms with E-state index in [0.29, 0.717) is 18.9 Å². The zero-order chi connectivity index (χ0) is 13.5. The molecule has 1 amide bonds. The molecule has 0 rings (SSSR count). The number of hydrogen-bond donors (Lipinski definition) is 2. The zero-order valence-electron chi connectivity index (χ0n) is 12.0. The van der Waals surface area contributed by atoms with E-state index in [-0.39, 0.29) is 11.3 Å². The van der Waals surface area contributed by atoms with Crippen LogP contribution >= 0.6 is 0 Å². The van der Waals surface area contributed by atoms with Gasteiger partial charge >= 0.3 is 0 Å². The lowest BCUT2D eigenvalue weighted by atomic mass is 9.90. The quantitative estimate of drug-likeness (QED) is 0.722. The van der Waals surface area contributed by atoms with Crippen LogP contribution in [0.25, 0.3) is 0 Å². The molecule has 102 valence electrons. The van der Waals surface area contributed by atoms with Gasteiger partial charge in [-0.2, -0.15) is 0 Å². The predicted molar refractivity (Wildman–Crippen MR) is 71.8 cm³/mol. The molecular formula is C14H29NO2. The summed E-state index contributed by atoms with van der Waals surface area (Å²) in [6.07, 6.45) is 2.85. The van der Waals surface area contributed by atoms with E-state index in [0.717, 1.165) is 19.3 Å². The number of carbonyl (C=O) groups excluding carboxylic acids is 1. The minimum Gasteiger partial charge on any atom is -0.391 e. The fraction of sp³-hybridized carbons (Fsp3) is 0.929. The summed E-state index contributed by atoms with van der Waals surface area (Å²) in [4.78, 5) is 11.5. The van der Waals surface area contributed by atoms with Gasteiger partial charge in [0.1, 0.15) is 0 Å². The number of nitrogens with one attached hydrogen (secondary N) is 1. The number of carbonyl (C=O) groups is 1. The molecule has 0 bridgehead atoms. The van der Waals surface area contributed by atoms with Crippen molar-refractivity contribution in [2.45, 2.75) is 66.4 Å². The highest BCUT2D eigenvalue weighted by Gasteiger charge is 2.12. The molecule has 3 nitrogen and oxygen atoms in total. The van der Waals surface area contributed by atoms with Crippen LogP contribution in [0, 0.1) is 11.3 Å². The molecule has 1 unspecified atom stereocenters. The summed E-state index contributed by atoms with van der Waals surface area (Å²) in [6, 6.07) is 0. The van der Waals surface area contributed by atoms with Gasteiger partial charge in [0, 0.05) is 13.0 Å². The Morgan fingerprint density at radius 2 is 1.88 bits per heavy atom. The third-order valence-corrected chi connectivity index (χ3v) is 2.61. The molecule has 0 saturated carbocycles. The van der Waals surface area contributed by atoms with Crippen LogP contribution in [0.15, 0.2) is 0 Å². The monoisotopic (exact) mass is 243 g/mol. The van der Waals surface area contributed by atoms with Crippen molar-refractivity contribution in [2.75, 3.05) is 6.54 Å². The Balaban J connectivity index is 3.60. The van der Waals surface area contributed by atoms with Gasteiger partial charge in [-0.05, 0) is 30.6 Å². The first-order valence-corrected chi connectivity index (χ1v) is 6.65. The summed E-state index contributed by atoms with van der Waals surface area (Å²) in [5.74, 6) is 0.514. The lowest BCUT2D eigenvalue weighted by molar-refractivity contribution is -0.121. The topological polar surface area (TPSA) is 49.3 Å². The van der Waals surface area contributed by atoms with Gasteiger partial charge in [0.05, 0.1) is 6.10 Å². The van der Waals surface area contributed by atoms with Crippen molar-refractivity contribution in [3.63, 3.8) is 0 Å². The molecule has 3 heteroatoms. The molecule has 0 saturated heterocycles. The van der Waals surface area contributed by atoms with Gasteiger partial charge in [-0.1, -0.05) is 34.6 Å². The zero-order valence-corrected chi connectivity index (χ0v) is 12.0. The molecule has 1 atom stereocenters. The first-order valence-electron chi connectivity index (χ1n) is 6.65. The normalized spacial score (nSPS) is 13.8. The van der Waals surface area contributed by atoms with E-state index in [2.05, 4.69) is 39.9 Å². The Kier molecular flexibility index (Phi) is 7.44. The highest BCUT2D eigenvalue weighted by atomic mass is 16.3. The van der Waals surface area contributed by atoms with Crippen LogP contribution in [0.1, 0.15) is 60.3 Å². The number of amides is 1. The Hall–Kier alpha value is -0.570. The Morgan fingerprint density at radius 1 is 1.29 bits per heavy atom. The standard InChI is InChI=1S/C14H29NO2/c1-11(2)9-12(16)10-15-13(17)7-6-8-14(3,4)5/h11-12,16H,6-10H2,1-5H3,(H,15,17). The second kappa shape index (κ2) is 7.70. The van der Waals surface area contributed by atoms with Gasteiger partial charge in [-0.15, -0.1) is 0 Å². The fourth-order valence-corrected chi connectivity index (χ4v) is 1.73. The van der Waals surface area contributed by atoms with Crippen molar-refractivity contribution in [2.24, 2.45) is 11.3 Å². The van der Waals surface area contributed by atoms with Gasteiger partial charge < -0.3 is 10.4 Å². The molecule has 0 aliphatic carbocycles. The van der Waals surface area contributed by atoms with E-state index >= 15 is 0 Å². The van der Waals surface area contributed by atoms with Crippen molar-refractivity contribution < 1.29 is 9.90 Å². The third-order valence-electron chi connectivity index (χ3n) is 2.61. The molecule has 0 spiro atoms. The van der Waals surface area contributed by atoms with Gasteiger partial charge in [0.15, 0.2) is 0 Å². The van der Waals surface area contributed by atoms with Crippen LogP contribution < -0.4 is 5.32 Å². The molecule has 0 aliphatic heterocycles. The van der Waals surface area contributed by atoms with Crippen molar-refractivity contribution >= 4 is 5.91 Å². The molecule has 17 heavy (non-hydrogen) atoms. The van der Waals surface area contributed by atoms with E-state index in [9.17, 15) is 9.90 Å². The van der Waals surface area contributed by atoms with Crippen LogP contribution in [-0.4, -0.2) is 23.7 Å². The van der Waals surface area contributed by atoms with Crippen molar-refractivity contribution in [1.29, 1.82) is 0 Å². The van der Waals surface area contributed by atoms with E-state index in [1.807, 2.05) is 0 Å². The smallest absolute Gasteiger partial charge is 0.220 e. The Morgan fingerprint density at radius 3 is 2.35 bits per heavy atom. The highest BCUT2D eigenvalue weighted by molar-refractivity contribution is 5.75. The van der Waals surface area contributed by atoms with Crippen molar-refractivity contribution in [3.8, 4) is 0 Å². The molecule has 0 aromatic rings. The average molecular weight is 243 g/mol. The Labute approximate surface area is 106 Å². The maximum atomic E-state index is 11.5. The Bertz CT molecular complexity index is 219. The number of hydrogen-bond acceptors (Lipinski definition) is 2. The van der Waals surface area contributed by atoms with Crippen LogP contribution in [0.4, 0.5) is 0 Å². The van der Waals surface area contributed by atoms with Gasteiger partial charge in [-0.25, -0.2) is 0 Å². The molecule has 0 aliphatic rings. The maximum absolute atomic E-state index is 11.5. The number of aliphatic hydroxyl groups is 1. The number of aliphatic hydroxyl groups excluding tert-OH is 1. The third kappa shape index (κ3) is 11.7. The molecule has 2 N–H and O–H groups in total. The van der Waals surface area contributed by atoms with E-state index in [4.69, 9.17) is 0 Å². The largest absolute Gasteiger partial charge is 0.391 e. The molecule has 0 aromatic heterocycles. The second-order valence-corrected chi connectivity index (χ2v) is 6.50. The average Bonchev–Trinajstić information content (AvgIpc) is 2.11. The number of rotatable bonds is 7. The first kappa shape index (κ1) is 16.4. The lowest BCUT2D eigenvalue weighted by Crippen LogP contribution is -2.32. The van der Waals surface area contributed by atoms with Crippen LogP contribution in [0.3, 0.4) is 0 Å². The van der Waals surface area contributed by atoms with E-state index < -0.39 is 6.10 Å². The molecule has 0 fully saturated rings. The lowest BCUT2D eigenvalue weighted by Gasteiger charge is -2.18. The van der Waals surface area contributed by atoms with Crippen molar-refractivity contribution in [3.05, 3.63) is 0 Å². The molecular weight excluding hydrogens is 214 g/mol. The molecule has 0 heterocycles. The summed E-state index contributed by atoms with van der Waals surface area (Å²) >= 11 is 0. The summed E-state index contributed by atoms with van der Waals surface area (Å²) in [6.45, 7) is 11.0. The minimum atomic E-state index is -0.415.